The number of urea groups is 1. The van der Waals surface area contributed by atoms with Crippen molar-refractivity contribution in [1.82, 2.24) is 20.9 Å². The molecule has 6 nitrogen and oxygen atoms in total. The number of nitrogens with one attached hydrogen (secondary N) is 3. The smallest absolute Gasteiger partial charge is 0.345 e. The number of rotatable bonds is 5. The zero-order valence-corrected chi connectivity index (χ0v) is 17.3. The molecule has 0 aromatic heterocycles. The molecule has 1 aromatic carbocycles. The van der Waals surface area contributed by atoms with Crippen LogP contribution in [0.2, 0.25) is 5.02 Å². The van der Waals surface area contributed by atoms with Crippen LogP contribution in [-0.4, -0.2) is 54.2 Å². The van der Waals surface area contributed by atoms with Gasteiger partial charge in [-0.3, -0.25) is 9.69 Å². The molecule has 0 radical (unpaired) electrons. The van der Waals surface area contributed by atoms with Gasteiger partial charge in [0.1, 0.15) is 22.7 Å². The summed E-state index contributed by atoms with van der Waals surface area (Å²) < 4.78 is 68.5. The van der Waals surface area contributed by atoms with Crippen LogP contribution < -0.4 is 16.0 Å². The lowest BCUT2D eigenvalue weighted by atomic mass is 9.78. The number of benzene rings is 1. The van der Waals surface area contributed by atoms with E-state index >= 15 is 0 Å². The van der Waals surface area contributed by atoms with Gasteiger partial charge in [-0.25, -0.2) is 13.6 Å². The van der Waals surface area contributed by atoms with Crippen molar-refractivity contribution in [3.05, 3.63) is 34.4 Å². The molecule has 2 aliphatic heterocycles. The van der Waals surface area contributed by atoms with Crippen molar-refractivity contribution in [2.24, 2.45) is 0 Å². The first-order valence-electron chi connectivity index (χ1n) is 9.72. The first-order valence-corrected chi connectivity index (χ1v) is 10.1. The van der Waals surface area contributed by atoms with Gasteiger partial charge in [-0.15, -0.1) is 0 Å². The first-order chi connectivity index (χ1) is 14.4. The van der Waals surface area contributed by atoms with Gasteiger partial charge in [0.05, 0.1) is 12.6 Å². The van der Waals surface area contributed by atoms with Gasteiger partial charge in [-0.05, 0) is 32.4 Å². The van der Waals surface area contributed by atoms with E-state index in [4.69, 9.17) is 11.6 Å². The average molecular weight is 469 g/mol. The second-order valence-electron chi connectivity index (χ2n) is 7.96. The van der Waals surface area contributed by atoms with E-state index in [1.165, 1.54) is 6.92 Å². The van der Waals surface area contributed by atoms with Crippen LogP contribution in [0.5, 0.6) is 0 Å². The van der Waals surface area contributed by atoms with Gasteiger partial charge in [0.15, 0.2) is 0 Å². The quantitative estimate of drug-likeness (QED) is 0.459. The summed E-state index contributed by atoms with van der Waals surface area (Å²) in [7, 11) is 0. The Morgan fingerprint density at radius 2 is 2.06 bits per heavy atom. The summed E-state index contributed by atoms with van der Waals surface area (Å²) in [6, 6.07) is -0.872. The summed E-state index contributed by atoms with van der Waals surface area (Å²) in [6.07, 6.45) is -3.25. The van der Waals surface area contributed by atoms with Crippen LogP contribution in [0.15, 0.2) is 12.1 Å². The van der Waals surface area contributed by atoms with Crippen molar-refractivity contribution in [2.75, 3.05) is 19.6 Å². The fraction of sp³-hybridized carbons (Fsp3) is 0.579. The van der Waals surface area contributed by atoms with Crippen molar-refractivity contribution in [3.8, 4) is 0 Å². The summed E-state index contributed by atoms with van der Waals surface area (Å²) in [6.45, 7) is 0.298. The van der Waals surface area contributed by atoms with Crippen LogP contribution in [0.3, 0.4) is 0 Å². The zero-order valence-electron chi connectivity index (χ0n) is 16.6. The molecule has 3 N–H and O–H groups in total. The van der Waals surface area contributed by atoms with Gasteiger partial charge >= 0.3 is 12.2 Å². The first kappa shape index (κ1) is 23.5. The van der Waals surface area contributed by atoms with Crippen LogP contribution in [0.25, 0.3) is 0 Å². The highest BCUT2D eigenvalue weighted by molar-refractivity contribution is 6.31. The predicted octanol–water partition coefficient (Wildman–Crippen LogP) is 3.26. The monoisotopic (exact) mass is 468 g/mol. The van der Waals surface area contributed by atoms with E-state index in [-0.39, 0.29) is 25.1 Å². The van der Waals surface area contributed by atoms with Crippen molar-refractivity contribution >= 4 is 23.5 Å². The summed E-state index contributed by atoms with van der Waals surface area (Å²) in [5.74, 6) is -2.89. The standard InChI is InChI=1S/C19H22ClF5N4O2/c1-18(6-2-3-7-29(18)9-19(23,24)25)15(10-4-5-11(21)13(20)14(10)22)28-16(30)12-8-26-17(31)27-12/h4-5,12,15H,2-3,6-9H2,1H3,(H,28,30)(H2,26,27,31)/t12-,15?,18-/m0/s1. The molecule has 1 aromatic rings. The predicted molar refractivity (Wildman–Crippen MR) is 102 cm³/mol. The Morgan fingerprint density at radius 1 is 1.35 bits per heavy atom. The third-order valence-corrected chi connectivity index (χ3v) is 6.17. The Kier molecular flexibility index (Phi) is 6.66. The fourth-order valence-electron chi connectivity index (χ4n) is 4.19. The van der Waals surface area contributed by atoms with Gasteiger partial charge in [-0.1, -0.05) is 24.1 Å². The maximum Gasteiger partial charge on any atom is 0.401 e. The molecule has 3 rings (SSSR count). The molecule has 2 heterocycles. The minimum absolute atomic E-state index is 0.0347. The summed E-state index contributed by atoms with van der Waals surface area (Å²) in [5, 5.41) is 6.56. The van der Waals surface area contributed by atoms with E-state index in [1.807, 2.05) is 0 Å². The van der Waals surface area contributed by atoms with Crippen LogP contribution >= 0.6 is 11.6 Å². The number of piperidine rings is 1. The van der Waals surface area contributed by atoms with E-state index < -0.39 is 58.9 Å². The second-order valence-corrected chi connectivity index (χ2v) is 8.34. The Labute approximate surface area is 180 Å². The normalized spacial score (nSPS) is 25.6. The fourth-order valence-corrected chi connectivity index (χ4v) is 4.36. The summed E-state index contributed by atoms with van der Waals surface area (Å²) in [5.41, 5.74) is -1.57. The number of hydrogen-bond acceptors (Lipinski definition) is 3. The molecule has 3 atom stereocenters. The molecule has 2 saturated heterocycles. The maximum absolute atomic E-state index is 14.9. The van der Waals surface area contributed by atoms with Crippen LogP contribution in [0, 0.1) is 11.6 Å². The maximum atomic E-state index is 14.9. The van der Waals surface area contributed by atoms with Gasteiger partial charge < -0.3 is 16.0 Å². The van der Waals surface area contributed by atoms with Crippen LogP contribution in [0.4, 0.5) is 26.7 Å². The summed E-state index contributed by atoms with van der Waals surface area (Å²) in [4.78, 5) is 25.3. The van der Waals surface area contributed by atoms with Crippen molar-refractivity contribution in [2.45, 2.75) is 50.0 Å². The molecule has 172 valence electrons. The lowest BCUT2D eigenvalue weighted by Gasteiger charge is -2.50. The Bertz CT molecular complexity index is 868. The Hall–Kier alpha value is -2.14. The minimum Gasteiger partial charge on any atom is -0.345 e. The molecule has 31 heavy (non-hydrogen) atoms. The van der Waals surface area contributed by atoms with Crippen LogP contribution in [0.1, 0.15) is 37.8 Å². The molecule has 0 spiro atoms. The second kappa shape index (κ2) is 8.78. The third-order valence-electron chi connectivity index (χ3n) is 5.83. The summed E-state index contributed by atoms with van der Waals surface area (Å²) >= 11 is 5.71. The number of halogens is 6. The molecule has 2 fully saturated rings. The lowest BCUT2D eigenvalue weighted by molar-refractivity contribution is -0.166. The number of hydrogen-bond donors (Lipinski definition) is 3. The largest absolute Gasteiger partial charge is 0.401 e. The van der Waals surface area contributed by atoms with Crippen molar-refractivity contribution in [3.63, 3.8) is 0 Å². The molecule has 1 unspecified atom stereocenters. The topological polar surface area (TPSA) is 73.5 Å². The Balaban J connectivity index is 2.02. The third kappa shape index (κ3) is 5.03. The number of alkyl halides is 3. The molecule has 3 amide bonds. The van der Waals surface area contributed by atoms with E-state index in [0.29, 0.717) is 12.8 Å². The molecule has 0 saturated carbocycles. The zero-order chi connectivity index (χ0) is 23.0. The molecular weight excluding hydrogens is 447 g/mol. The minimum atomic E-state index is -4.52. The number of nitrogens with zero attached hydrogens (tertiary/aromatic N) is 1. The molecule has 0 aliphatic carbocycles. The highest BCUT2D eigenvalue weighted by Crippen LogP contribution is 2.42. The lowest BCUT2D eigenvalue weighted by Crippen LogP contribution is -2.61. The number of carbonyl (C=O) groups is 2. The molecular formula is C19H22ClF5N4O2. The molecule has 0 bridgehead atoms. The SMILES string of the molecule is C[C@@]1(C(NC(=O)[C@@H]2CNC(=O)N2)c2ccc(F)c(Cl)c2F)CCCCN1CC(F)(F)F. The van der Waals surface area contributed by atoms with E-state index in [0.717, 1.165) is 17.0 Å². The van der Waals surface area contributed by atoms with E-state index in [2.05, 4.69) is 16.0 Å². The highest BCUT2D eigenvalue weighted by atomic mass is 35.5. The number of amides is 3. The van der Waals surface area contributed by atoms with Gasteiger partial charge in [-0.2, -0.15) is 13.2 Å². The molecule has 12 heteroatoms. The molecule has 2 aliphatic rings. The van der Waals surface area contributed by atoms with Crippen molar-refractivity contribution in [1.29, 1.82) is 0 Å². The van der Waals surface area contributed by atoms with Gasteiger partial charge in [0.2, 0.25) is 5.91 Å². The average Bonchev–Trinajstić information content (AvgIpc) is 3.12. The van der Waals surface area contributed by atoms with E-state index in [1.54, 1.807) is 0 Å². The van der Waals surface area contributed by atoms with Crippen LogP contribution in [-0.2, 0) is 4.79 Å². The van der Waals surface area contributed by atoms with Gasteiger partial charge in [0.25, 0.3) is 0 Å². The van der Waals surface area contributed by atoms with E-state index in [9.17, 15) is 31.5 Å². The Morgan fingerprint density at radius 3 is 2.68 bits per heavy atom. The van der Waals surface area contributed by atoms with Gasteiger partial charge in [0, 0.05) is 17.6 Å². The highest BCUT2D eigenvalue weighted by Gasteiger charge is 2.48. The number of likely N-dealkylation sites (tertiary alicyclic amines) is 1. The number of carbonyl (C=O) groups excluding carboxylic acids is 2. The van der Waals surface area contributed by atoms with Crippen molar-refractivity contribution < 1.29 is 31.5 Å².